The van der Waals surface area contributed by atoms with Crippen molar-refractivity contribution >= 4 is 12.0 Å². The van der Waals surface area contributed by atoms with E-state index in [0.717, 1.165) is 12.0 Å². The second-order valence-corrected chi connectivity index (χ2v) is 4.97. The third-order valence-corrected chi connectivity index (χ3v) is 3.50. The number of carboxylic acids is 1. The van der Waals surface area contributed by atoms with E-state index in [9.17, 15) is 9.59 Å². The number of urea groups is 1. The van der Waals surface area contributed by atoms with Crippen molar-refractivity contribution in [1.29, 1.82) is 0 Å². The predicted molar refractivity (Wildman–Crippen MR) is 77.0 cm³/mol. The van der Waals surface area contributed by atoms with Gasteiger partial charge in [0.1, 0.15) is 0 Å². The van der Waals surface area contributed by atoms with Crippen LogP contribution in [0.2, 0.25) is 0 Å². The average Bonchev–Trinajstić information content (AvgIpc) is 2.53. The molecule has 114 valence electrons. The molecule has 1 heterocycles. The number of nitrogens with one attached hydrogen (secondary N) is 1. The second kappa shape index (κ2) is 7.08. The van der Waals surface area contributed by atoms with Crippen molar-refractivity contribution in [1.82, 2.24) is 10.2 Å². The molecule has 21 heavy (non-hydrogen) atoms. The van der Waals surface area contributed by atoms with Gasteiger partial charge in [-0.05, 0) is 17.5 Å². The lowest BCUT2D eigenvalue weighted by atomic mass is 10.1. The Kier molecular flexibility index (Phi) is 5.16. The van der Waals surface area contributed by atoms with E-state index in [1.54, 1.807) is 0 Å². The van der Waals surface area contributed by atoms with Crippen molar-refractivity contribution in [3.63, 3.8) is 0 Å². The molecule has 1 aromatic rings. The smallest absolute Gasteiger partial charge is 0.334 e. The number of nitrogens with zero attached hydrogens (tertiary/aromatic N) is 1. The molecule has 0 bridgehead atoms. The molecule has 0 aromatic heterocycles. The summed E-state index contributed by atoms with van der Waals surface area (Å²) in [5.74, 6) is -1.04. The first kappa shape index (κ1) is 15.3. The van der Waals surface area contributed by atoms with Gasteiger partial charge in [0.25, 0.3) is 0 Å². The summed E-state index contributed by atoms with van der Waals surface area (Å²) in [6.45, 7) is 3.25. The number of benzene rings is 1. The van der Waals surface area contributed by atoms with Crippen LogP contribution in [0.1, 0.15) is 18.1 Å². The Morgan fingerprint density at radius 2 is 2.00 bits per heavy atom. The standard InChI is InChI=1S/C15H20N2O4/c1-2-11-3-5-12(6-4-11)9-16-15(20)17-7-8-21-13(10-17)14(18)19/h3-6,13H,2,7-10H2,1H3,(H,16,20)(H,18,19). The van der Waals surface area contributed by atoms with Crippen molar-refractivity contribution in [2.45, 2.75) is 26.0 Å². The number of carbonyl (C=O) groups excluding carboxylic acids is 1. The third kappa shape index (κ3) is 4.19. The summed E-state index contributed by atoms with van der Waals surface area (Å²) in [6.07, 6.45) is 0.0464. The number of rotatable bonds is 4. The number of carbonyl (C=O) groups is 2. The van der Waals surface area contributed by atoms with E-state index in [2.05, 4.69) is 12.2 Å². The van der Waals surface area contributed by atoms with Crippen LogP contribution in [0.4, 0.5) is 4.79 Å². The Morgan fingerprint density at radius 1 is 1.33 bits per heavy atom. The fourth-order valence-electron chi connectivity index (χ4n) is 2.17. The lowest BCUT2D eigenvalue weighted by Crippen LogP contribution is -2.51. The number of morpholine rings is 1. The molecule has 2 amide bonds. The van der Waals surface area contributed by atoms with E-state index in [1.807, 2.05) is 24.3 Å². The van der Waals surface area contributed by atoms with E-state index in [0.29, 0.717) is 13.1 Å². The van der Waals surface area contributed by atoms with Crippen LogP contribution in [0.25, 0.3) is 0 Å². The van der Waals surface area contributed by atoms with Gasteiger partial charge in [-0.3, -0.25) is 0 Å². The number of aliphatic carboxylic acids is 1. The maximum Gasteiger partial charge on any atom is 0.334 e. The van der Waals surface area contributed by atoms with Crippen LogP contribution >= 0.6 is 0 Å². The summed E-state index contributed by atoms with van der Waals surface area (Å²) in [6, 6.07) is 7.79. The van der Waals surface area contributed by atoms with Crippen molar-refractivity contribution in [3.05, 3.63) is 35.4 Å². The summed E-state index contributed by atoms with van der Waals surface area (Å²) < 4.78 is 5.09. The van der Waals surface area contributed by atoms with Gasteiger partial charge in [-0.25, -0.2) is 9.59 Å². The molecule has 0 radical (unpaired) electrons. The zero-order chi connectivity index (χ0) is 15.2. The summed E-state index contributed by atoms with van der Waals surface area (Å²) in [5, 5.41) is 11.7. The molecule has 2 rings (SSSR count). The summed E-state index contributed by atoms with van der Waals surface area (Å²) in [7, 11) is 0. The van der Waals surface area contributed by atoms with E-state index in [1.165, 1.54) is 10.5 Å². The Hall–Kier alpha value is -2.08. The Labute approximate surface area is 123 Å². The highest BCUT2D eigenvalue weighted by atomic mass is 16.5. The number of carboxylic acid groups (broad SMARTS) is 1. The minimum Gasteiger partial charge on any atom is -0.479 e. The maximum absolute atomic E-state index is 12.0. The van der Waals surface area contributed by atoms with E-state index in [-0.39, 0.29) is 19.2 Å². The Bertz CT molecular complexity index is 501. The fraction of sp³-hybridized carbons (Fsp3) is 0.467. The molecule has 0 saturated carbocycles. The molecule has 0 aliphatic carbocycles. The highest BCUT2D eigenvalue weighted by Gasteiger charge is 2.28. The van der Waals surface area contributed by atoms with Crippen molar-refractivity contribution in [2.24, 2.45) is 0 Å². The molecule has 6 nitrogen and oxygen atoms in total. The first-order chi connectivity index (χ1) is 10.1. The van der Waals surface area contributed by atoms with Crippen LogP contribution in [-0.2, 0) is 22.5 Å². The first-order valence-electron chi connectivity index (χ1n) is 7.05. The molecule has 6 heteroatoms. The Balaban J connectivity index is 1.84. The fourth-order valence-corrected chi connectivity index (χ4v) is 2.17. The SMILES string of the molecule is CCc1ccc(CNC(=O)N2CCOC(C(=O)O)C2)cc1. The van der Waals surface area contributed by atoms with E-state index < -0.39 is 12.1 Å². The number of aryl methyl sites for hydroxylation is 1. The van der Waals surface area contributed by atoms with Gasteiger partial charge in [0.05, 0.1) is 13.2 Å². The van der Waals surface area contributed by atoms with Crippen LogP contribution in [0, 0.1) is 0 Å². The largest absolute Gasteiger partial charge is 0.479 e. The summed E-state index contributed by atoms with van der Waals surface area (Å²) >= 11 is 0. The van der Waals surface area contributed by atoms with Gasteiger partial charge in [-0.15, -0.1) is 0 Å². The lowest BCUT2D eigenvalue weighted by molar-refractivity contribution is -0.154. The highest BCUT2D eigenvalue weighted by Crippen LogP contribution is 2.07. The predicted octanol–water partition coefficient (Wildman–Crippen LogP) is 1.24. The number of hydrogen-bond donors (Lipinski definition) is 2. The third-order valence-electron chi connectivity index (χ3n) is 3.50. The minimum absolute atomic E-state index is 0.0793. The normalized spacial score (nSPS) is 18.3. The molecule has 1 unspecified atom stereocenters. The zero-order valence-corrected chi connectivity index (χ0v) is 12.0. The number of amides is 2. The van der Waals surface area contributed by atoms with Crippen molar-refractivity contribution < 1.29 is 19.4 Å². The average molecular weight is 292 g/mol. The summed E-state index contributed by atoms with van der Waals surface area (Å²) in [4.78, 5) is 24.4. The molecule has 0 spiro atoms. The van der Waals surface area contributed by atoms with E-state index in [4.69, 9.17) is 9.84 Å². The van der Waals surface area contributed by atoms with Gasteiger partial charge in [-0.2, -0.15) is 0 Å². The molecule has 1 aromatic carbocycles. The zero-order valence-electron chi connectivity index (χ0n) is 12.0. The molecule has 1 aliphatic heterocycles. The van der Waals surface area contributed by atoms with Crippen molar-refractivity contribution in [2.75, 3.05) is 19.7 Å². The highest BCUT2D eigenvalue weighted by molar-refractivity contribution is 5.77. The van der Waals surface area contributed by atoms with Gasteiger partial charge in [0, 0.05) is 13.1 Å². The van der Waals surface area contributed by atoms with Gasteiger partial charge < -0.3 is 20.1 Å². The number of hydrogen-bond acceptors (Lipinski definition) is 3. The topological polar surface area (TPSA) is 78.9 Å². The Morgan fingerprint density at radius 3 is 2.62 bits per heavy atom. The molecular formula is C15H20N2O4. The van der Waals surface area contributed by atoms with Crippen LogP contribution in [0.5, 0.6) is 0 Å². The second-order valence-electron chi connectivity index (χ2n) is 4.97. The first-order valence-corrected chi connectivity index (χ1v) is 7.05. The van der Waals surface area contributed by atoms with Gasteiger partial charge in [-0.1, -0.05) is 31.2 Å². The van der Waals surface area contributed by atoms with Gasteiger partial charge in [0.2, 0.25) is 0 Å². The quantitative estimate of drug-likeness (QED) is 0.875. The molecule has 1 fully saturated rings. The lowest BCUT2D eigenvalue weighted by Gasteiger charge is -2.30. The van der Waals surface area contributed by atoms with Crippen molar-refractivity contribution in [3.8, 4) is 0 Å². The molecule has 1 atom stereocenters. The molecular weight excluding hydrogens is 272 g/mol. The number of ether oxygens (including phenoxy) is 1. The molecule has 1 saturated heterocycles. The molecule has 2 N–H and O–H groups in total. The van der Waals surface area contributed by atoms with Crippen LogP contribution in [0.3, 0.4) is 0 Å². The van der Waals surface area contributed by atoms with Crippen LogP contribution < -0.4 is 5.32 Å². The minimum atomic E-state index is -1.04. The van der Waals surface area contributed by atoms with E-state index >= 15 is 0 Å². The van der Waals surface area contributed by atoms with Crippen LogP contribution in [-0.4, -0.2) is 47.8 Å². The molecule has 1 aliphatic rings. The van der Waals surface area contributed by atoms with Crippen LogP contribution in [0.15, 0.2) is 24.3 Å². The van der Waals surface area contributed by atoms with Gasteiger partial charge >= 0.3 is 12.0 Å². The monoisotopic (exact) mass is 292 g/mol. The summed E-state index contributed by atoms with van der Waals surface area (Å²) in [5.41, 5.74) is 2.27. The van der Waals surface area contributed by atoms with Gasteiger partial charge in [0.15, 0.2) is 6.10 Å². The maximum atomic E-state index is 12.0.